The predicted molar refractivity (Wildman–Crippen MR) is 98.9 cm³/mol. The second-order valence-corrected chi connectivity index (χ2v) is 7.60. The van der Waals surface area contributed by atoms with E-state index in [1.165, 1.54) is 0 Å². The van der Waals surface area contributed by atoms with E-state index in [0.29, 0.717) is 5.02 Å². The molecule has 2 aliphatic heterocycles. The SMILES string of the molecule is C/N=C1\C(N2CCN(C)CC2)C(C)(C)C(=O)N1c1ccc(Cl)cc1. The highest BCUT2D eigenvalue weighted by Gasteiger charge is 2.54. The second kappa shape index (κ2) is 6.47. The van der Waals surface area contributed by atoms with E-state index in [1.54, 1.807) is 11.9 Å². The Labute approximate surface area is 148 Å². The predicted octanol–water partition coefficient (Wildman–Crippen LogP) is 2.36. The van der Waals surface area contributed by atoms with Gasteiger partial charge in [-0.25, -0.2) is 0 Å². The van der Waals surface area contributed by atoms with Gasteiger partial charge < -0.3 is 4.90 Å². The number of rotatable bonds is 2. The number of piperazine rings is 1. The summed E-state index contributed by atoms with van der Waals surface area (Å²) in [6.07, 6.45) is 0. The van der Waals surface area contributed by atoms with Crippen molar-refractivity contribution in [2.45, 2.75) is 19.9 Å². The lowest BCUT2D eigenvalue weighted by molar-refractivity contribution is -0.126. The molecule has 24 heavy (non-hydrogen) atoms. The van der Waals surface area contributed by atoms with E-state index >= 15 is 0 Å². The Hall–Kier alpha value is -1.43. The summed E-state index contributed by atoms with van der Waals surface area (Å²) in [4.78, 5) is 24.2. The molecule has 2 fully saturated rings. The molecule has 2 heterocycles. The molecule has 0 spiro atoms. The molecule has 1 aromatic carbocycles. The Kier molecular flexibility index (Phi) is 4.69. The van der Waals surface area contributed by atoms with Crippen molar-refractivity contribution in [1.29, 1.82) is 0 Å². The van der Waals surface area contributed by atoms with Crippen LogP contribution in [0.2, 0.25) is 5.02 Å². The molecule has 1 amide bonds. The van der Waals surface area contributed by atoms with Crippen LogP contribution in [0.5, 0.6) is 0 Å². The van der Waals surface area contributed by atoms with Crippen LogP contribution in [0, 0.1) is 5.41 Å². The van der Waals surface area contributed by atoms with Crippen LogP contribution in [-0.4, -0.2) is 67.9 Å². The number of benzene rings is 1. The Balaban J connectivity index is 1.98. The standard InChI is InChI=1S/C18H25ClN4O/c1-18(2)15(22-11-9-21(4)10-12-22)16(20-3)23(17(18)24)14-7-5-13(19)6-8-14/h5-8,15H,9-12H2,1-4H3/b20-16+. The van der Waals surface area contributed by atoms with Gasteiger partial charge in [0.15, 0.2) is 0 Å². The van der Waals surface area contributed by atoms with E-state index in [9.17, 15) is 4.79 Å². The highest BCUT2D eigenvalue weighted by atomic mass is 35.5. The van der Waals surface area contributed by atoms with Gasteiger partial charge in [0.25, 0.3) is 0 Å². The third kappa shape index (κ3) is 2.85. The first-order valence-corrected chi connectivity index (χ1v) is 8.73. The molecule has 1 aromatic rings. The van der Waals surface area contributed by atoms with Gasteiger partial charge in [-0.15, -0.1) is 0 Å². The van der Waals surface area contributed by atoms with E-state index in [2.05, 4.69) is 21.8 Å². The molecular formula is C18H25ClN4O. The summed E-state index contributed by atoms with van der Waals surface area (Å²) in [5.41, 5.74) is 0.319. The lowest BCUT2D eigenvalue weighted by Crippen LogP contribution is -2.55. The Morgan fingerprint density at radius 3 is 2.25 bits per heavy atom. The number of nitrogens with zero attached hydrogens (tertiary/aromatic N) is 4. The van der Waals surface area contributed by atoms with Crippen molar-refractivity contribution in [1.82, 2.24) is 9.80 Å². The fourth-order valence-electron chi connectivity index (χ4n) is 3.72. The minimum Gasteiger partial charge on any atom is -0.304 e. The highest BCUT2D eigenvalue weighted by molar-refractivity contribution is 6.31. The molecular weight excluding hydrogens is 324 g/mol. The van der Waals surface area contributed by atoms with E-state index in [-0.39, 0.29) is 11.9 Å². The van der Waals surface area contributed by atoms with E-state index in [1.807, 2.05) is 38.1 Å². The van der Waals surface area contributed by atoms with Gasteiger partial charge in [-0.1, -0.05) is 11.6 Å². The van der Waals surface area contributed by atoms with Crippen LogP contribution in [0.3, 0.4) is 0 Å². The Morgan fingerprint density at radius 2 is 1.71 bits per heavy atom. The number of aliphatic imine (C=N–C) groups is 1. The zero-order chi connectivity index (χ0) is 17.5. The molecule has 1 unspecified atom stereocenters. The van der Waals surface area contributed by atoms with Crippen molar-refractivity contribution in [3.05, 3.63) is 29.3 Å². The van der Waals surface area contributed by atoms with Crippen LogP contribution in [0.4, 0.5) is 5.69 Å². The molecule has 0 aliphatic carbocycles. The number of halogens is 1. The zero-order valence-corrected chi connectivity index (χ0v) is 15.5. The number of amidine groups is 1. The number of carbonyl (C=O) groups is 1. The topological polar surface area (TPSA) is 39.1 Å². The van der Waals surface area contributed by atoms with Crippen molar-refractivity contribution < 1.29 is 4.79 Å². The first-order chi connectivity index (χ1) is 11.4. The molecule has 3 rings (SSSR count). The normalized spacial score (nSPS) is 27.2. The fraction of sp³-hybridized carbons (Fsp3) is 0.556. The van der Waals surface area contributed by atoms with Crippen LogP contribution in [0.15, 0.2) is 29.3 Å². The molecule has 6 heteroatoms. The maximum atomic E-state index is 13.2. The zero-order valence-electron chi connectivity index (χ0n) is 14.8. The lowest BCUT2D eigenvalue weighted by atomic mass is 9.85. The summed E-state index contributed by atoms with van der Waals surface area (Å²) in [5, 5.41) is 0.662. The van der Waals surface area contributed by atoms with Crippen molar-refractivity contribution >= 4 is 29.0 Å². The summed E-state index contributed by atoms with van der Waals surface area (Å²) in [6.45, 7) is 7.98. The molecule has 0 N–H and O–H groups in total. The quantitative estimate of drug-likeness (QED) is 0.823. The third-order valence-corrected chi connectivity index (χ3v) is 5.38. The van der Waals surface area contributed by atoms with Crippen molar-refractivity contribution in [2.24, 2.45) is 10.4 Å². The van der Waals surface area contributed by atoms with Gasteiger partial charge in [0.2, 0.25) is 5.91 Å². The van der Waals surface area contributed by atoms with Crippen molar-refractivity contribution in [2.75, 3.05) is 45.2 Å². The number of hydrogen-bond donors (Lipinski definition) is 0. The molecule has 130 valence electrons. The van der Waals surface area contributed by atoms with Crippen molar-refractivity contribution in [3.63, 3.8) is 0 Å². The van der Waals surface area contributed by atoms with Crippen LogP contribution in [0.1, 0.15) is 13.8 Å². The summed E-state index contributed by atoms with van der Waals surface area (Å²) >= 11 is 6.00. The number of hydrogen-bond acceptors (Lipinski definition) is 4. The summed E-state index contributed by atoms with van der Waals surface area (Å²) in [7, 11) is 3.91. The average Bonchev–Trinajstić information content (AvgIpc) is 2.76. The molecule has 0 radical (unpaired) electrons. The first kappa shape index (κ1) is 17.4. The number of likely N-dealkylation sites (N-methyl/N-ethyl adjacent to an activating group) is 1. The molecule has 0 aromatic heterocycles. The lowest BCUT2D eigenvalue weighted by Gasteiger charge is -2.40. The smallest absolute Gasteiger partial charge is 0.240 e. The van der Waals surface area contributed by atoms with Gasteiger partial charge in [-0.05, 0) is 45.2 Å². The molecule has 2 saturated heterocycles. The minimum atomic E-state index is -0.510. The summed E-state index contributed by atoms with van der Waals surface area (Å²) < 4.78 is 0. The molecule has 0 bridgehead atoms. The monoisotopic (exact) mass is 348 g/mol. The van der Waals surface area contributed by atoms with Crippen LogP contribution < -0.4 is 4.90 Å². The third-order valence-electron chi connectivity index (χ3n) is 5.13. The summed E-state index contributed by atoms with van der Waals surface area (Å²) in [6, 6.07) is 7.39. The van der Waals surface area contributed by atoms with E-state index < -0.39 is 5.41 Å². The summed E-state index contributed by atoms with van der Waals surface area (Å²) in [5.74, 6) is 0.922. The van der Waals surface area contributed by atoms with Crippen LogP contribution >= 0.6 is 11.6 Å². The second-order valence-electron chi connectivity index (χ2n) is 7.16. The molecule has 0 saturated carbocycles. The van der Waals surface area contributed by atoms with Gasteiger partial charge >= 0.3 is 0 Å². The number of anilines is 1. The van der Waals surface area contributed by atoms with Gasteiger partial charge in [0.1, 0.15) is 5.84 Å². The van der Waals surface area contributed by atoms with Crippen molar-refractivity contribution in [3.8, 4) is 0 Å². The fourth-order valence-corrected chi connectivity index (χ4v) is 3.84. The maximum Gasteiger partial charge on any atom is 0.240 e. The van der Waals surface area contributed by atoms with Crippen LogP contribution in [-0.2, 0) is 4.79 Å². The van der Waals surface area contributed by atoms with Crippen LogP contribution in [0.25, 0.3) is 0 Å². The minimum absolute atomic E-state index is 0.000576. The Morgan fingerprint density at radius 1 is 1.12 bits per heavy atom. The molecule has 5 nitrogen and oxygen atoms in total. The highest BCUT2D eigenvalue weighted by Crippen LogP contribution is 2.39. The van der Waals surface area contributed by atoms with Gasteiger partial charge in [-0.3, -0.25) is 19.6 Å². The van der Waals surface area contributed by atoms with Gasteiger partial charge in [0, 0.05) is 38.2 Å². The maximum absolute atomic E-state index is 13.2. The largest absolute Gasteiger partial charge is 0.304 e. The Bertz CT molecular complexity index is 647. The number of amides is 1. The first-order valence-electron chi connectivity index (χ1n) is 8.35. The van der Waals surface area contributed by atoms with Gasteiger partial charge in [-0.2, -0.15) is 0 Å². The average molecular weight is 349 g/mol. The van der Waals surface area contributed by atoms with Gasteiger partial charge in [0.05, 0.1) is 17.1 Å². The number of carbonyl (C=O) groups excluding carboxylic acids is 1. The van der Waals surface area contributed by atoms with E-state index in [0.717, 1.165) is 37.7 Å². The molecule has 1 atom stereocenters. The van der Waals surface area contributed by atoms with E-state index in [4.69, 9.17) is 11.6 Å². The molecule has 2 aliphatic rings.